The molecule has 0 bridgehead atoms. The number of benzene rings is 1. The molecule has 1 N–H and O–H groups in total. The molecule has 0 saturated carbocycles. The average molecular weight is 389 g/mol. The van der Waals surface area contributed by atoms with Crippen LogP contribution >= 0.6 is 33.9 Å². The first-order valence-corrected chi connectivity index (χ1v) is 7.61. The van der Waals surface area contributed by atoms with Gasteiger partial charge in [-0.3, -0.25) is 10.1 Å². The highest BCUT2D eigenvalue weighted by atomic mass is 127. The van der Waals surface area contributed by atoms with Gasteiger partial charge in [-0.1, -0.05) is 6.92 Å². The van der Waals surface area contributed by atoms with Crippen molar-refractivity contribution >= 4 is 45.3 Å². The van der Waals surface area contributed by atoms with E-state index in [-0.39, 0.29) is 10.6 Å². The molecule has 1 aromatic heterocycles. The summed E-state index contributed by atoms with van der Waals surface area (Å²) in [7, 11) is 0. The van der Waals surface area contributed by atoms with Crippen LogP contribution in [-0.2, 0) is 13.0 Å². The fraction of sp³-hybridized carbons (Fsp3) is 0.250. The standard InChI is InChI=1S/C12H12IN3O2S/c1-2-9-6-15-12(19-9)7-14-8-3-4-11(16(17)18)10(13)5-8/h3-6,14H,2,7H2,1H3. The lowest BCUT2D eigenvalue weighted by atomic mass is 10.3. The van der Waals surface area contributed by atoms with E-state index in [4.69, 9.17) is 0 Å². The minimum atomic E-state index is -0.375. The number of aromatic nitrogens is 1. The molecule has 0 amide bonds. The minimum absolute atomic E-state index is 0.133. The van der Waals surface area contributed by atoms with Crippen molar-refractivity contribution in [3.63, 3.8) is 0 Å². The molecule has 2 rings (SSSR count). The molecule has 1 heterocycles. The van der Waals surface area contributed by atoms with Crippen LogP contribution in [0.15, 0.2) is 24.4 Å². The van der Waals surface area contributed by atoms with Crippen molar-refractivity contribution in [3.8, 4) is 0 Å². The van der Waals surface area contributed by atoms with Crippen LogP contribution < -0.4 is 5.32 Å². The van der Waals surface area contributed by atoms with Crippen LogP contribution in [0.25, 0.3) is 0 Å². The van der Waals surface area contributed by atoms with Crippen molar-refractivity contribution in [3.05, 3.63) is 48.0 Å². The fourth-order valence-electron chi connectivity index (χ4n) is 1.54. The second kappa shape index (κ2) is 6.29. The first-order valence-electron chi connectivity index (χ1n) is 5.71. The smallest absolute Gasteiger partial charge is 0.282 e. The topological polar surface area (TPSA) is 68.1 Å². The second-order valence-corrected chi connectivity index (χ2v) is 6.21. The molecule has 19 heavy (non-hydrogen) atoms. The summed E-state index contributed by atoms with van der Waals surface area (Å²) in [5.41, 5.74) is 0.997. The maximum atomic E-state index is 10.7. The number of halogens is 1. The van der Waals surface area contributed by atoms with Crippen LogP contribution in [0.5, 0.6) is 0 Å². The summed E-state index contributed by atoms with van der Waals surface area (Å²) in [5.74, 6) is 0. The Hall–Kier alpha value is -1.22. The van der Waals surface area contributed by atoms with Gasteiger partial charge in [0.25, 0.3) is 5.69 Å². The molecule has 0 fully saturated rings. The molecule has 0 aliphatic rings. The zero-order chi connectivity index (χ0) is 13.8. The summed E-state index contributed by atoms with van der Waals surface area (Å²) in [6.45, 7) is 2.74. The SMILES string of the molecule is CCc1cnc(CNc2ccc([N+](=O)[O-])c(I)c2)s1. The quantitative estimate of drug-likeness (QED) is 0.480. The minimum Gasteiger partial charge on any atom is -0.378 e. The van der Waals surface area contributed by atoms with Crippen LogP contribution in [0, 0.1) is 13.7 Å². The monoisotopic (exact) mass is 389 g/mol. The maximum absolute atomic E-state index is 10.7. The third kappa shape index (κ3) is 3.63. The lowest BCUT2D eigenvalue weighted by Gasteiger charge is -2.04. The van der Waals surface area contributed by atoms with Crippen LogP contribution in [0.1, 0.15) is 16.8 Å². The molecular formula is C12H12IN3O2S. The van der Waals surface area contributed by atoms with E-state index in [1.54, 1.807) is 23.5 Å². The van der Waals surface area contributed by atoms with E-state index in [1.807, 2.05) is 28.8 Å². The van der Waals surface area contributed by atoms with Gasteiger partial charge in [0, 0.05) is 22.8 Å². The zero-order valence-corrected chi connectivity index (χ0v) is 13.2. The average Bonchev–Trinajstić information content (AvgIpc) is 2.84. The number of nitro groups is 1. The largest absolute Gasteiger partial charge is 0.378 e. The van der Waals surface area contributed by atoms with Crippen LogP contribution in [0.4, 0.5) is 11.4 Å². The predicted octanol–water partition coefficient (Wildman–Crippen LogP) is 3.83. The lowest BCUT2D eigenvalue weighted by Crippen LogP contribution is -2.00. The zero-order valence-electron chi connectivity index (χ0n) is 10.2. The number of hydrogen-bond donors (Lipinski definition) is 1. The molecule has 100 valence electrons. The van der Waals surface area contributed by atoms with Gasteiger partial charge in [0.2, 0.25) is 0 Å². The summed E-state index contributed by atoms with van der Waals surface area (Å²) < 4.78 is 0.626. The second-order valence-electron chi connectivity index (χ2n) is 3.85. The summed E-state index contributed by atoms with van der Waals surface area (Å²) in [4.78, 5) is 15.9. The van der Waals surface area contributed by atoms with Crippen molar-refractivity contribution in [1.29, 1.82) is 0 Å². The highest BCUT2D eigenvalue weighted by Crippen LogP contribution is 2.24. The Bertz CT molecular complexity index is 600. The number of nitrogens with one attached hydrogen (secondary N) is 1. The first-order chi connectivity index (χ1) is 9.10. The van der Waals surface area contributed by atoms with Crippen molar-refractivity contribution in [2.75, 3.05) is 5.32 Å². The van der Waals surface area contributed by atoms with Crippen LogP contribution in [0.2, 0.25) is 0 Å². The van der Waals surface area contributed by atoms with Gasteiger partial charge >= 0.3 is 0 Å². The number of aryl methyl sites for hydroxylation is 1. The van der Waals surface area contributed by atoms with Gasteiger partial charge < -0.3 is 5.32 Å². The van der Waals surface area contributed by atoms with E-state index in [9.17, 15) is 10.1 Å². The van der Waals surface area contributed by atoms with Crippen LogP contribution in [-0.4, -0.2) is 9.91 Å². The molecule has 1 aromatic carbocycles. The van der Waals surface area contributed by atoms with Gasteiger partial charge in [-0.15, -0.1) is 11.3 Å². The van der Waals surface area contributed by atoms with Gasteiger partial charge in [0.05, 0.1) is 15.0 Å². The number of thiazole rings is 1. The van der Waals surface area contributed by atoms with E-state index in [0.717, 1.165) is 17.1 Å². The molecule has 0 aliphatic carbocycles. The summed E-state index contributed by atoms with van der Waals surface area (Å²) >= 11 is 3.65. The van der Waals surface area contributed by atoms with E-state index in [1.165, 1.54) is 10.9 Å². The highest BCUT2D eigenvalue weighted by molar-refractivity contribution is 14.1. The van der Waals surface area contributed by atoms with E-state index >= 15 is 0 Å². The number of hydrogen-bond acceptors (Lipinski definition) is 5. The van der Waals surface area contributed by atoms with Crippen molar-refractivity contribution < 1.29 is 4.92 Å². The van der Waals surface area contributed by atoms with Crippen molar-refractivity contribution in [1.82, 2.24) is 4.98 Å². The molecule has 0 atom stereocenters. The van der Waals surface area contributed by atoms with Gasteiger partial charge in [-0.05, 0) is 41.1 Å². The lowest BCUT2D eigenvalue weighted by molar-refractivity contribution is -0.385. The molecule has 0 unspecified atom stereocenters. The van der Waals surface area contributed by atoms with E-state index in [2.05, 4.69) is 17.2 Å². The molecule has 0 aliphatic heterocycles. The number of anilines is 1. The molecule has 2 aromatic rings. The fourth-order valence-corrected chi connectivity index (χ4v) is 3.05. The maximum Gasteiger partial charge on any atom is 0.282 e. The summed E-state index contributed by atoms with van der Waals surface area (Å²) in [6, 6.07) is 5.01. The Kier molecular flexibility index (Phi) is 4.70. The molecule has 7 heteroatoms. The Balaban J connectivity index is 2.03. The third-order valence-corrected chi connectivity index (χ3v) is 4.54. The van der Waals surface area contributed by atoms with Crippen molar-refractivity contribution in [2.45, 2.75) is 19.9 Å². The normalized spacial score (nSPS) is 10.4. The summed E-state index contributed by atoms with van der Waals surface area (Å²) in [6.07, 6.45) is 2.88. The molecule has 5 nitrogen and oxygen atoms in total. The van der Waals surface area contributed by atoms with Gasteiger partial charge in [-0.25, -0.2) is 4.98 Å². The van der Waals surface area contributed by atoms with Gasteiger partial charge in [0.1, 0.15) is 5.01 Å². The molecular weight excluding hydrogens is 377 g/mol. The van der Waals surface area contributed by atoms with Crippen LogP contribution in [0.3, 0.4) is 0 Å². The predicted molar refractivity (Wildman–Crippen MR) is 84.6 cm³/mol. The molecule has 0 radical (unpaired) electrons. The Labute approximate surface area is 128 Å². The number of nitrogens with zero attached hydrogens (tertiary/aromatic N) is 2. The van der Waals surface area contributed by atoms with E-state index in [0.29, 0.717) is 10.1 Å². The molecule has 0 spiro atoms. The Morgan fingerprint density at radius 3 is 2.89 bits per heavy atom. The first kappa shape index (κ1) is 14.2. The summed E-state index contributed by atoms with van der Waals surface area (Å²) in [5, 5.41) is 15.0. The van der Waals surface area contributed by atoms with Crippen molar-refractivity contribution in [2.24, 2.45) is 0 Å². The number of nitro benzene ring substituents is 1. The molecule has 0 saturated heterocycles. The van der Waals surface area contributed by atoms with E-state index < -0.39 is 0 Å². The highest BCUT2D eigenvalue weighted by Gasteiger charge is 2.11. The van der Waals surface area contributed by atoms with Gasteiger partial charge in [-0.2, -0.15) is 0 Å². The Morgan fingerprint density at radius 1 is 1.53 bits per heavy atom. The Morgan fingerprint density at radius 2 is 2.32 bits per heavy atom. The number of rotatable bonds is 5. The van der Waals surface area contributed by atoms with Gasteiger partial charge in [0.15, 0.2) is 0 Å². The third-order valence-electron chi connectivity index (χ3n) is 2.54.